The van der Waals surface area contributed by atoms with E-state index in [1.807, 2.05) is 6.07 Å². The maximum atomic E-state index is 11.3. The highest BCUT2D eigenvalue weighted by atomic mass is 16.3. The molecule has 0 saturated heterocycles. The molecule has 4 nitrogen and oxygen atoms in total. The normalized spacial score (nSPS) is 11.8. The summed E-state index contributed by atoms with van der Waals surface area (Å²) in [5, 5.41) is 11.7. The quantitative estimate of drug-likeness (QED) is 0.776. The van der Waals surface area contributed by atoms with E-state index in [-0.39, 0.29) is 18.1 Å². The molecule has 1 aromatic carbocycles. The summed E-state index contributed by atoms with van der Waals surface area (Å²) < 4.78 is 0. The monoisotopic (exact) mass is 220 g/mol. The molecule has 0 unspecified atom stereocenters. The minimum absolute atomic E-state index is 0.188. The Labute approximate surface area is 94.3 Å². The Morgan fingerprint density at radius 2 is 2.31 bits per heavy atom. The fourth-order valence-electron chi connectivity index (χ4n) is 1.31. The van der Waals surface area contributed by atoms with E-state index in [4.69, 9.17) is 0 Å². The van der Waals surface area contributed by atoms with Crippen LogP contribution in [0.4, 0.5) is 0 Å². The van der Waals surface area contributed by atoms with E-state index < -0.39 is 6.04 Å². The molecular formula is C12H14NO3. The second-order valence-electron chi connectivity index (χ2n) is 3.58. The summed E-state index contributed by atoms with van der Waals surface area (Å²) in [6.45, 7) is 1.57. The van der Waals surface area contributed by atoms with Crippen LogP contribution in [-0.2, 0) is 16.0 Å². The largest absolute Gasteiger partial charge is 0.508 e. The van der Waals surface area contributed by atoms with Gasteiger partial charge >= 0.3 is 0 Å². The Morgan fingerprint density at radius 3 is 2.94 bits per heavy atom. The van der Waals surface area contributed by atoms with Gasteiger partial charge in [0.2, 0.25) is 12.2 Å². The van der Waals surface area contributed by atoms with Crippen LogP contribution in [0.2, 0.25) is 0 Å². The number of rotatable bonds is 5. The van der Waals surface area contributed by atoms with E-state index in [2.05, 4.69) is 5.32 Å². The minimum atomic E-state index is -0.573. The lowest BCUT2D eigenvalue weighted by Crippen LogP contribution is -2.33. The lowest BCUT2D eigenvalue weighted by molar-refractivity contribution is -0.121. The summed E-state index contributed by atoms with van der Waals surface area (Å²) in [5.74, 6) is -0.00769. The number of hydrogen-bond donors (Lipinski definition) is 2. The van der Waals surface area contributed by atoms with Gasteiger partial charge in [0.25, 0.3) is 0 Å². The fourth-order valence-corrected chi connectivity index (χ4v) is 1.31. The van der Waals surface area contributed by atoms with Crippen molar-refractivity contribution in [3.05, 3.63) is 29.8 Å². The van der Waals surface area contributed by atoms with Crippen LogP contribution >= 0.6 is 0 Å². The van der Waals surface area contributed by atoms with Crippen molar-refractivity contribution in [1.29, 1.82) is 0 Å². The van der Waals surface area contributed by atoms with Crippen molar-refractivity contribution in [2.24, 2.45) is 0 Å². The third-order valence-corrected chi connectivity index (χ3v) is 2.11. The molecule has 1 rings (SSSR count). The molecule has 1 amide bonds. The third-order valence-electron chi connectivity index (χ3n) is 2.11. The fraction of sp³-hybridized carbons (Fsp3) is 0.333. The van der Waals surface area contributed by atoms with Crippen molar-refractivity contribution in [3.8, 4) is 5.75 Å². The van der Waals surface area contributed by atoms with Gasteiger partial charge in [-0.1, -0.05) is 12.1 Å². The van der Waals surface area contributed by atoms with Crippen LogP contribution in [0.25, 0.3) is 0 Å². The number of amides is 1. The summed E-state index contributed by atoms with van der Waals surface area (Å²) in [6.07, 6.45) is 2.50. The van der Waals surface area contributed by atoms with Crippen molar-refractivity contribution < 1.29 is 14.7 Å². The number of phenolic OH excluding ortho intramolecular Hbond substituents is 1. The minimum Gasteiger partial charge on any atom is -0.508 e. The van der Waals surface area contributed by atoms with Gasteiger partial charge in [-0.25, -0.2) is 0 Å². The maximum absolute atomic E-state index is 11.3. The van der Waals surface area contributed by atoms with E-state index in [1.54, 1.807) is 31.4 Å². The number of nitrogens with one attached hydrogen (secondary N) is 1. The summed E-state index contributed by atoms with van der Waals surface area (Å²) in [7, 11) is 0. The summed E-state index contributed by atoms with van der Waals surface area (Å²) in [6, 6.07) is 6.18. The molecule has 1 aromatic rings. The molecule has 0 aliphatic heterocycles. The molecule has 0 aromatic heterocycles. The molecule has 0 saturated carbocycles. The van der Waals surface area contributed by atoms with Gasteiger partial charge in [0.05, 0.1) is 6.04 Å². The Bertz CT molecular complexity index is 376. The van der Waals surface area contributed by atoms with E-state index in [0.29, 0.717) is 6.42 Å². The highest BCUT2D eigenvalue weighted by Crippen LogP contribution is 2.12. The Balaban J connectivity index is 2.40. The summed E-state index contributed by atoms with van der Waals surface area (Å²) >= 11 is 0. The highest BCUT2D eigenvalue weighted by molar-refractivity contribution is 5.79. The molecule has 1 atom stereocenters. The Hall–Kier alpha value is -1.84. The van der Waals surface area contributed by atoms with E-state index in [0.717, 1.165) is 5.56 Å². The van der Waals surface area contributed by atoms with Crippen molar-refractivity contribution in [1.82, 2.24) is 5.32 Å². The average molecular weight is 220 g/mol. The Morgan fingerprint density at radius 1 is 1.56 bits per heavy atom. The van der Waals surface area contributed by atoms with Crippen LogP contribution in [0.3, 0.4) is 0 Å². The first-order chi connectivity index (χ1) is 7.61. The first-order valence-corrected chi connectivity index (χ1v) is 5.07. The zero-order valence-corrected chi connectivity index (χ0v) is 9.06. The standard InChI is InChI=1S/C12H14NO3/c1-9(8-14)13-12(16)6-5-10-3-2-4-11(15)7-10/h2-4,7,9,15H,5-6H2,1H3,(H,13,16)/t9-/m0/s1. The van der Waals surface area contributed by atoms with E-state index in [1.165, 1.54) is 0 Å². The van der Waals surface area contributed by atoms with Crippen molar-refractivity contribution in [2.75, 3.05) is 0 Å². The van der Waals surface area contributed by atoms with Gasteiger partial charge in [-0.05, 0) is 31.0 Å². The molecule has 0 heterocycles. The third kappa shape index (κ3) is 4.13. The number of carbonyl (C=O) groups excluding carboxylic acids is 2. The van der Waals surface area contributed by atoms with Crippen LogP contribution in [0.15, 0.2) is 24.3 Å². The average Bonchev–Trinajstić information content (AvgIpc) is 2.26. The predicted molar refractivity (Wildman–Crippen MR) is 59.7 cm³/mol. The van der Waals surface area contributed by atoms with Gasteiger partial charge in [-0.15, -0.1) is 0 Å². The van der Waals surface area contributed by atoms with Crippen LogP contribution in [0.5, 0.6) is 5.75 Å². The van der Waals surface area contributed by atoms with Gasteiger partial charge < -0.3 is 10.4 Å². The topological polar surface area (TPSA) is 66.4 Å². The molecule has 2 N–H and O–H groups in total. The molecule has 0 bridgehead atoms. The van der Waals surface area contributed by atoms with Gasteiger partial charge in [0.1, 0.15) is 5.75 Å². The van der Waals surface area contributed by atoms with Crippen molar-refractivity contribution in [3.63, 3.8) is 0 Å². The number of aromatic hydroxyl groups is 1. The zero-order valence-electron chi connectivity index (χ0n) is 9.06. The van der Waals surface area contributed by atoms with Crippen LogP contribution in [0, 0.1) is 0 Å². The van der Waals surface area contributed by atoms with Crippen LogP contribution in [-0.4, -0.2) is 23.3 Å². The smallest absolute Gasteiger partial charge is 0.222 e. The van der Waals surface area contributed by atoms with E-state index >= 15 is 0 Å². The predicted octanol–water partition coefficient (Wildman–Crippen LogP) is 0.939. The van der Waals surface area contributed by atoms with Gasteiger partial charge in [0.15, 0.2) is 0 Å². The molecule has 85 valence electrons. The number of benzene rings is 1. The first-order valence-electron chi connectivity index (χ1n) is 5.07. The van der Waals surface area contributed by atoms with Crippen LogP contribution in [0.1, 0.15) is 18.9 Å². The van der Waals surface area contributed by atoms with Crippen LogP contribution < -0.4 is 5.32 Å². The summed E-state index contributed by atoms with van der Waals surface area (Å²) in [4.78, 5) is 21.5. The van der Waals surface area contributed by atoms with Crippen molar-refractivity contribution in [2.45, 2.75) is 25.8 Å². The molecule has 0 aliphatic carbocycles. The Kier molecular flexibility index (Phi) is 4.51. The molecule has 1 radical (unpaired) electrons. The number of carbonyl (C=O) groups is 1. The highest BCUT2D eigenvalue weighted by Gasteiger charge is 2.06. The summed E-state index contributed by atoms with van der Waals surface area (Å²) in [5.41, 5.74) is 0.887. The van der Waals surface area contributed by atoms with E-state index in [9.17, 15) is 14.7 Å². The van der Waals surface area contributed by atoms with Crippen molar-refractivity contribution >= 4 is 12.2 Å². The lowest BCUT2D eigenvalue weighted by atomic mass is 10.1. The molecule has 0 fully saturated rings. The lowest BCUT2D eigenvalue weighted by Gasteiger charge is -2.06. The second-order valence-corrected chi connectivity index (χ2v) is 3.58. The SMILES string of the molecule is C[C@@H]([C]=O)NC(=O)CCc1cccc(O)c1. The number of hydrogen-bond acceptors (Lipinski definition) is 3. The number of aryl methyl sites for hydroxylation is 1. The molecule has 0 spiro atoms. The van der Waals surface area contributed by atoms with Gasteiger partial charge in [-0.2, -0.15) is 0 Å². The molecular weight excluding hydrogens is 206 g/mol. The second kappa shape index (κ2) is 5.90. The van der Waals surface area contributed by atoms with Gasteiger partial charge in [0, 0.05) is 6.42 Å². The zero-order chi connectivity index (χ0) is 12.0. The first kappa shape index (κ1) is 12.2. The molecule has 0 aliphatic rings. The molecule has 16 heavy (non-hydrogen) atoms. The van der Waals surface area contributed by atoms with Gasteiger partial charge in [-0.3, -0.25) is 9.59 Å². The number of phenols is 1. The maximum Gasteiger partial charge on any atom is 0.222 e. The molecule has 4 heteroatoms.